The first-order valence-corrected chi connectivity index (χ1v) is 6.59. The van der Waals surface area contributed by atoms with Crippen LogP contribution >= 0.6 is 0 Å². The van der Waals surface area contributed by atoms with E-state index in [4.69, 9.17) is 4.74 Å². The topological polar surface area (TPSA) is 59.2 Å². The number of nitrogens with one attached hydrogen (secondary N) is 1. The molecule has 0 fully saturated rings. The van der Waals surface area contributed by atoms with E-state index in [0.717, 1.165) is 5.39 Å². The maximum absolute atomic E-state index is 12.7. The molecule has 0 unspecified atom stereocenters. The van der Waals surface area contributed by atoms with Crippen LogP contribution in [0.1, 0.15) is 15.9 Å². The van der Waals surface area contributed by atoms with Gasteiger partial charge in [-0.25, -0.2) is 0 Å². The fourth-order valence-corrected chi connectivity index (χ4v) is 2.93. The quantitative estimate of drug-likeness (QED) is 0.582. The zero-order chi connectivity index (χ0) is 14.6. The van der Waals surface area contributed by atoms with E-state index in [1.165, 1.54) is 0 Å². The van der Waals surface area contributed by atoms with E-state index in [9.17, 15) is 9.59 Å². The van der Waals surface area contributed by atoms with Crippen molar-refractivity contribution in [1.82, 2.24) is 4.98 Å². The molecule has 21 heavy (non-hydrogen) atoms. The lowest BCUT2D eigenvalue weighted by Gasteiger charge is -2.03. The lowest BCUT2D eigenvalue weighted by molar-refractivity contribution is 0.104. The molecule has 1 aliphatic carbocycles. The van der Waals surface area contributed by atoms with E-state index >= 15 is 0 Å². The third-order valence-corrected chi connectivity index (χ3v) is 3.89. The molecule has 4 heteroatoms. The molecular weight excluding hydrogens is 266 g/mol. The lowest BCUT2D eigenvalue weighted by Crippen LogP contribution is -2.11. The summed E-state index contributed by atoms with van der Waals surface area (Å²) in [7, 11) is 1.55. The highest BCUT2D eigenvalue weighted by atomic mass is 16.5. The molecule has 1 aliphatic rings. The van der Waals surface area contributed by atoms with E-state index in [1.807, 2.05) is 18.2 Å². The SMILES string of the molecule is COc1ccc2c(c1)C(=O)c1c-2c(=O)[nH]c2ccccc12. The molecule has 102 valence electrons. The van der Waals surface area contributed by atoms with Crippen LogP contribution in [0, 0.1) is 0 Å². The number of aromatic amines is 1. The summed E-state index contributed by atoms with van der Waals surface area (Å²) in [6, 6.07) is 12.6. The fraction of sp³-hybridized carbons (Fsp3) is 0.0588. The van der Waals surface area contributed by atoms with Gasteiger partial charge in [0.1, 0.15) is 5.75 Å². The number of benzene rings is 2. The van der Waals surface area contributed by atoms with E-state index in [2.05, 4.69) is 4.98 Å². The molecular formula is C17H11NO3. The Morgan fingerprint density at radius 1 is 0.952 bits per heavy atom. The van der Waals surface area contributed by atoms with Crippen molar-refractivity contribution < 1.29 is 9.53 Å². The highest BCUT2D eigenvalue weighted by Gasteiger charge is 2.31. The number of para-hydroxylation sites is 1. The molecule has 1 N–H and O–H groups in total. The van der Waals surface area contributed by atoms with Gasteiger partial charge in [-0.15, -0.1) is 0 Å². The molecule has 0 atom stereocenters. The van der Waals surface area contributed by atoms with Gasteiger partial charge in [0.15, 0.2) is 5.78 Å². The highest BCUT2D eigenvalue weighted by Crippen LogP contribution is 2.38. The number of fused-ring (bicyclic) bond motifs is 5. The minimum atomic E-state index is -0.235. The summed E-state index contributed by atoms with van der Waals surface area (Å²) in [5, 5.41) is 0.771. The largest absolute Gasteiger partial charge is 0.497 e. The smallest absolute Gasteiger partial charge is 0.257 e. The molecule has 0 saturated carbocycles. The van der Waals surface area contributed by atoms with Gasteiger partial charge in [-0.3, -0.25) is 9.59 Å². The normalized spacial score (nSPS) is 12.3. The number of carbonyl (C=O) groups is 1. The molecule has 1 heterocycles. The summed E-state index contributed by atoms with van der Waals surface area (Å²) < 4.78 is 5.17. The molecule has 0 spiro atoms. The van der Waals surface area contributed by atoms with Crippen molar-refractivity contribution >= 4 is 16.7 Å². The molecule has 0 amide bonds. The van der Waals surface area contributed by atoms with E-state index in [-0.39, 0.29) is 11.3 Å². The van der Waals surface area contributed by atoms with Crippen molar-refractivity contribution in [3.05, 3.63) is 63.9 Å². The van der Waals surface area contributed by atoms with Crippen molar-refractivity contribution in [2.45, 2.75) is 0 Å². The Hall–Kier alpha value is -2.88. The van der Waals surface area contributed by atoms with Gasteiger partial charge in [-0.2, -0.15) is 0 Å². The van der Waals surface area contributed by atoms with Crippen LogP contribution < -0.4 is 10.3 Å². The van der Waals surface area contributed by atoms with Crippen LogP contribution in [0.2, 0.25) is 0 Å². The second-order valence-electron chi connectivity index (χ2n) is 4.99. The number of pyridine rings is 1. The van der Waals surface area contributed by atoms with Crippen molar-refractivity contribution in [3.63, 3.8) is 0 Å². The average Bonchev–Trinajstić information content (AvgIpc) is 2.81. The molecule has 1 aromatic heterocycles. The van der Waals surface area contributed by atoms with Gasteiger partial charge in [0, 0.05) is 22.0 Å². The van der Waals surface area contributed by atoms with Crippen LogP contribution in [0.4, 0.5) is 0 Å². The summed E-state index contributed by atoms with van der Waals surface area (Å²) in [5.41, 5.74) is 2.57. The third-order valence-electron chi connectivity index (χ3n) is 3.89. The standard InChI is InChI=1S/C17H11NO3/c1-21-9-6-7-10-12(8-9)16(19)14-11-4-2-3-5-13(11)18-17(20)15(10)14/h2-8H,1H3,(H,18,20). The van der Waals surface area contributed by atoms with E-state index in [0.29, 0.717) is 33.5 Å². The number of carbonyl (C=O) groups excluding carboxylic acids is 1. The Labute approximate surface area is 120 Å². The number of rotatable bonds is 1. The van der Waals surface area contributed by atoms with Gasteiger partial charge < -0.3 is 9.72 Å². The minimum absolute atomic E-state index is 0.124. The maximum Gasteiger partial charge on any atom is 0.257 e. The average molecular weight is 277 g/mol. The summed E-state index contributed by atoms with van der Waals surface area (Å²) >= 11 is 0. The molecule has 4 rings (SSSR count). The first-order valence-electron chi connectivity index (χ1n) is 6.59. The van der Waals surface area contributed by atoms with Crippen LogP contribution in [-0.4, -0.2) is 17.9 Å². The predicted octanol–water partition coefficient (Wildman–Crippen LogP) is 2.75. The fourth-order valence-electron chi connectivity index (χ4n) is 2.93. The van der Waals surface area contributed by atoms with Crippen molar-refractivity contribution in [2.24, 2.45) is 0 Å². The van der Waals surface area contributed by atoms with Crippen LogP contribution in [0.15, 0.2) is 47.3 Å². The number of H-pyrrole nitrogens is 1. The van der Waals surface area contributed by atoms with E-state index < -0.39 is 0 Å². The first kappa shape index (κ1) is 11.9. The van der Waals surface area contributed by atoms with Crippen LogP contribution in [-0.2, 0) is 0 Å². The molecule has 0 aliphatic heterocycles. The summed E-state index contributed by atoms with van der Waals surface area (Å²) in [5.74, 6) is 0.483. The molecule has 4 nitrogen and oxygen atoms in total. The van der Waals surface area contributed by atoms with Crippen molar-refractivity contribution in [1.29, 1.82) is 0 Å². The second-order valence-corrected chi connectivity index (χ2v) is 4.99. The van der Waals surface area contributed by atoms with Gasteiger partial charge in [-0.05, 0) is 29.8 Å². The Morgan fingerprint density at radius 3 is 2.57 bits per heavy atom. The number of ketones is 1. The van der Waals surface area contributed by atoms with Gasteiger partial charge in [0.25, 0.3) is 5.56 Å². The van der Waals surface area contributed by atoms with E-state index in [1.54, 1.807) is 31.4 Å². The van der Waals surface area contributed by atoms with Crippen LogP contribution in [0.25, 0.3) is 22.0 Å². The maximum atomic E-state index is 12.7. The van der Waals surface area contributed by atoms with Gasteiger partial charge in [-0.1, -0.05) is 18.2 Å². The number of hydrogen-bond donors (Lipinski definition) is 1. The summed E-state index contributed by atoms with van der Waals surface area (Å²) in [6.07, 6.45) is 0. The van der Waals surface area contributed by atoms with Gasteiger partial charge in [0.05, 0.1) is 12.7 Å². The third kappa shape index (κ3) is 1.50. The van der Waals surface area contributed by atoms with Crippen LogP contribution in [0.5, 0.6) is 5.75 Å². The molecule has 3 aromatic rings. The van der Waals surface area contributed by atoms with Crippen molar-refractivity contribution in [3.8, 4) is 16.9 Å². The lowest BCUT2D eigenvalue weighted by atomic mass is 10.0. The summed E-state index contributed by atoms with van der Waals surface area (Å²) in [6.45, 7) is 0. The Balaban J connectivity index is 2.15. The molecule has 0 bridgehead atoms. The number of aromatic nitrogens is 1. The minimum Gasteiger partial charge on any atom is -0.497 e. The number of hydrogen-bond acceptors (Lipinski definition) is 3. The van der Waals surface area contributed by atoms with Crippen LogP contribution in [0.3, 0.4) is 0 Å². The predicted molar refractivity (Wildman–Crippen MR) is 80.0 cm³/mol. The van der Waals surface area contributed by atoms with Gasteiger partial charge in [0.2, 0.25) is 0 Å². The zero-order valence-corrected chi connectivity index (χ0v) is 11.3. The first-order chi connectivity index (χ1) is 10.2. The number of methoxy groups -OCH3 is 1. The highest BCUT2D eigenvalue weighted by molar-refractivity contribution is 6.27. The molecule has 0 saturated heterocycles. The Morgan fingerprint density at radius 2 is 1.76 bits per heavy atom. The van der Waals surface area contributed by atoms with Gasteiger partial charge >= 0.3 is 0 Å². The summed E-state index contributed by atoms with van der Waals surface area (Å²) in [4.78, 5) is 27.9. The number of ether oxygens (including phenoxy) is 1. The Kier molecular flexibility index (Phi) is 2.30. The second kappa shape index (κ2) is 4.06. The molecule has 2 aromatic carbocycles. The van der Waals surface area contributed by atoms with Crippen molar-refractivity contribution in [2.75, 3.05) is 7.11 Å². The Bertz CT molecular complexity index is 969. The zero-order valence-electron chi connectivity index (χ0n) is 11.3. The molecule has 0 radical (unpaired) electrons. The monoisotopic (exact) mass is 277 g/mol.